The molecule has 152 valence electrons. The summed E-state index contributed by atoms with van der Waals surface area (Å²) in [6.07, 6.45) is 15.0. The van der Waals surface area contributed by atoms with Crippen LogP contribution in [0.4, 0.5) is 0 Å². The fourth-order valence-electron chi connectivity index (χ4n) is 5.37. The van der Waals surface area contributed by atoms with Gasteiger partial charge in [0.15, 0.2) is 12.6 Å². The lowest BCUT2D eigenvalue weighted by Gasteiger charge is -2.39. The zero-order chi connectivity index (χ0) is 18.9. The molecule has 0 aromatic rings. The number of hydrogen-bond donors (Lipinski definition) is 0. The van der Waals surface area contributed by atoms with Crippen molar-refractivity contribution in [2.75, 3.05) is 19.8 Å². The van der Waals surface area contributed by atoms with Crippen molar-refractivity contribution in [1.82, 2.24) is 0 Å². The molecule has 0 spiro atoms. The highest BCUT2D eigenvalue weighted by Gasteiger charge is 2.62. The molecule has 0 aromatic heterocycles. The summed E-state index contributed by atoms with van der Waals surface area (Å²) < 4.78 is 23.8. The Hall–Kier alpha value is -0.680. The van der Waals surface area contributed by atoms with E-state index in [0.717, 1.165) is 38.9 Å². The van der Waals surface area contributed by atoms with Crippen molar-refractivity contribution in [3.63, 3.8) is 0 Å². The first-order valence-electron chi connectivity index (χ1n) is 10.9. The lowest BCUT2D eigenvalue weighted by atomic mass is 9.69. The van der Waals surface area contributed by atoms with Gasteiger partial charge in [-0.2, -0.15) is 0 Å². The smallest absolute Gasteiger partial charge is 0.157 e. The van der Waals surface area contributed by atoms with Crippen molar-refractivity contribution in [2.45, 2.75) is 84.4 Å². The molecule has 4 nitrogen and oxygen atoms in total. The third-order valence-corrected chi connectivity index (χ3v) is 7.53. The Kier molecular flexibility index (Phi) is 5.80. The standard InChI is InChI=1S/C23H36O4/c1-22(2)18-15-19(27-21-11-5-7-13-26-21)23(22,3)16-17(18)9-8-14-25-20-10-4-6-12-24-20/h8-9,16,18-21H,4-7,10-15H2,1-3H3/b9-8+/t18-,19-,20?,21?,23-/m1/s1. The van der Waals surface area contributed by atoms with Crippen LogP contribution < -0.4 is 0 Å². The van der Waals surface area contributed by atoms with Crippen molar-refractivity contribution in [3.05, 3.63) is 23.8 Å². The third-order valence-electron chi connectivity index (χ3n) is 7.53. The molecule has 2 unspecified atom stereocenters. The molecular weight excluding hydrogens is 340 g/mol. The van der Waals surface area contributed by atoms with Crippen molar-refractivity contribution in [2.24, 2.45) is 16.7 Å². The van der Waals surface area contributed by atoms with E-state index in [1.54, 1.807) is 0 Å². The molecule has 0 N–H and O–H groups in total. The largest absolute Gasteiger partial charge is 0.353 e. The van der Waals surface area contributed by atoms with E-state index < -0.39 is 0 Å². The van der Waals surface area contributed by atoms with Gasteiger partial charge in [-0.05, 0) is 61.9 Å². The Balaban J connectivity index is 1.36. The van der Waals surface area contributed by atoms with E-state index >= 15 is 0 Å². The first-order valence-corrected chi connectivity index (χ1v) is 10.9. The van der Waals surface area contributed by atoms with Crippen LogP contribution in [0.25, 0.3) is 0 Å². The molecule has 0 amide bonds. The van der Waals surface area contributed by atoms with Crippen LogP contribution in [0.2, 0.25) is 0 Å². The van der Waals surface area contributed by atoms with E-state index in [9.17, 15) is 0 Å². The van der Waals surface area contributed by atoms with Gasteiger partial charge in [0, 0.05) is 18.6 Å². The number of allylic oxidation sites excluding steroid dienone is 2. The average Bonchev–Trinajstić information content (AvgIpc) is 2.98. The predicted octanol–water partition coefficient (Wildman–Crippen LogP) is 4.99. The van der Waals surface area contributed by atoms with Crippen LogP contribution in [0.3, 0.4) is 0 Å². The van der Waals surface area contributed by atoms with Crippen LogP contribution >= 0.6 is 0 Å². The predicted molar refractivity (Wildman–Crippen MR) is 105 cm³/mol. The molecule has 4 rings (SSSR count). The zero-order valence-corrected chi connectivity index (χ0v) is 17.2. The summed E-state index contributed by atoms with van der Waals surface area (Å²) in [6, 6.07) is 0. The van der Waals surface area contributed by atoms with E-state index in [0.29, 0.717) is 12.5 Å². The highest BCUT2D eigenvalue weighted by molar-refractivity contribution is 5.39. The first kappa shape index (κ1) is 19.6. The second-order valence-corrected chi connectivity index (χ2v) is 9.39. The molecule has 1 saturated carbocycles. The van der Waals surface area contributed by atoms with E-state index in [1.807, 2.05) is 0 Å². The second-order valence-electron chi connectivity index (χ2n) is 9.39. The van der Waals surface area contributed by atoms with Crippen molar-refractivity contribution in [3.8, 4) is 0 Å². The van der Waals surface area contributed by atoms with Gasteiger partial charge in [0.25, 0.3) is 0 Å². The molecule has 0 radical (unpaired) electrons. The molecule has 27 heavy (non-hydrogen) atoms. The lowest BCUT2D eigenvalue weighted by molar-refractivity contribution is -0.205. The fourth-order valence-corrected chi connectivity index (χ4v) is 5.37. The van der Waals surface area contributed by atoms with Crippen LogP contribution in [0, 0.1) is 16.7 Å². The molecule has 2 saturated heterocycles. The number of ether oxygens (including phenoxy) is 4. The van der Waals surface area contributed by atoms with Gasteiger partial charge in [-0.1, -0.05) is 39.0 Å². The van der Waals surface area contributed by atoms with E-state index in [2.05, 4.69) is 39.0 Å². The van der Waals surface area contributed by atoms with Crippen LogP contribution in [0.5, 0.6) is 0 Å². The molecule has 2 heterocycles. The highest BCUT2D eigenvalue weighted by Crippen LogP contribution is 2.65. The second kappa shape index (κ2) is 7.98. The van der Waals surface area contributed by atoms with Gasteiger partial charge < -0.3 is 18.9 Å². The quantitative estimate of drug-likeness (QED) is 0.654. The van der Waals surface area contributed by atoms with Crippen molar-refractivity contribution >= 4 is 0 Å². The normalized spacial score (nSPS) is 41.2. The SMILES string of the molecule is CC1(C)[C@@H]2C[C@@H](OC3CCCCO3)[C@@]1(C)C=C2/C=C/COC1CCCCO1. The molecule has 3 fully saturated rings. The van der Waals surface area contributed by atoms with Crippen LogP contribution in [0.1, 0.15) is 65.7 Å². The third kappa shape index (κ3) is 3.78. The minimum Gasteiger partial charge on any atom is -0.353 e. The topological polar surface area (TPSA) is 36.9 Å². The molecule has 5 atom stereocenters. The van der Waals surface area contributed by atoms with Crippen LogP contribution in [-0.2, 0) is 18.9 Å². The monoisotopic (exact) mass is 376 g/mol. The van der Waals surface area contributed by atoms with Crippen LogP contribution in [-0.4, -0.2) is 38.5 Å². The zero-order valence-electron chi connectivity index (χ0n) is 17.2. The highest BCUT2D eigenvalue weighted by atomic mass is 16.7. The molecule has 2 aliphatic carbocycles. The maximum Gasteiger partial charge on any atom is 0.157 e. The van der Waals surface area contributed by atoms with Gasteiger partial charge in [0.1, 0.15) is 0 Å². The summed E-state index contributed by atoms with van der Waals surface area (Å²) in [5.74, 6) is 0.540. The minimum atomic E-state index is -0.0142. The fraction of sp³-hybridized carbons (Fsp3) is 0.826. The Bertz CT molecular complexity index is 569. The van der Waals surface area contributed by atoms with Gasteiger partial charge in [-0.25, -0.2) is 0 Å². The maximum atomic E-state index is 6.45. The Morgan fingerprint density at radius 3 is 2.33 bits per heavy atom. The summed E-state index contributed by atoms with van der Waals surface area (Å²) in [5.41, 5.74) is 1.71. The van der Waals surface area contributed by atoms with Crippen LogP contribution in [0.15, 0.2) is 23.8 Å². The molecule has 4 heteroatoms. The molecule has 0 aromatic carbocycles. The Morgan fingerprint density at radius 2 is 1.74 bits per heavy atom. The van der Waals surface area contributed by atoms with Gasteiger partial charge in [0.2, 0.25) is 0 Å². The number of rotatable bonds is 6. The van der Waals surface area contributed by atoms with Gasteiger partial charge in [-0.15, -0.1) is 0 Å². The van der Waals surface area contributed by atoms with Crippen molar-refractivity contribution < 1.29 is 18.9 Å². The summed E-state index contributed by atoms with van der Waals surface area (Å²) >= 11 is 0. The molecule has 2 aliphatic heterocycles. The van der Waals surface area contributed by atoms with Crippen molar-refractivity contribution in [1.29, 1.82) is 0 Å². The van der Waals surface area contributed by atoms with Gasteiger partial charge in [0.05, 0.1) is 12.7 Å². The summed E-state index contributed by atoms with van der Waals surface area (Å²) in [7, 11) is 0. The first-order chi connectivity index (χ1) is 13.0. The average molecular weight is 377 g/mol. The minimum absolute atomic E-state index is 0.00740. The van der Waals surface area contributed by atoms with Gasteiger partial charge >= 0.3 is 0 Å². The van der Waals surface area contributed by atoms with Gasteiger partial charge in [-0.3, -0.25) is 0 Å². The summed E-state index contributed by atoms with van der Waals surface area (Å²) in [6.45, 7) is 9.46. The van der Waals surface area contributed by atoms with E-state index in [1.165, 1.54) is 24.8 Å². The Morgan fingerprint density at radius 1 is 1.04 bits per heavy atom. The molecular formula is C23H36O4. The number of fused-ring (bicyclic) bond motifs is 2. The molecule has 4 aliphatic rings. The number of hydrogen-bond acceptors (Lipinski definition) is 4. The lowest BCUT2D eigenvalue weighted by Crippen LogP contribution is -2.39. The van der Waals surface area contributed by atoms with E-state index in [4.69, 9.17) is 18.9 Å². The summed E-state index contributed by atoms with van der Waals surface area (Å²) in [5, 5.41) is 0. The van der Waals surface area contributed by atoms with E-state index in [-0.39, 0.29) is 29.5 Å². The summed E-state index contributed by atoms with van der Waals surface area (Å²) in [4.78, 5) is 0. The molecule has 2 bridgehead atoms. The maximum absolute atomic E-state index is 6.45. The Labute approximate surface area is 164 Å².